The Morgan fingerprint density at radius 1 is 1.86 bits per heavy atom. The molecule has 42 valence electrons. The van der Waals surface area contributed by atoms with E-state index in [1.807, 2.05) is 0 Å². The fraction of sp³-hybridized carbons (Fsp3) is 0.750. The van der Waals surface area contributed by atoms with Gasteiger partial charge in [-0.3, -0.25) is 4.79 Å². The average molecular weight is 103 g/mol. The van der Waals surface area contributed by atoms with E-state index in [0.717, 1.165) is 0 Å². The van der Waals surface area contributed by atoms with Crippen LogP contribution in [0.5, 0.6) is 0 Å². The van der Waals surface area contributed by atoms with Crippen molar-refractivity contribution in [2.45, 2.75) is 6.92 Å². The summed E-state index contributed by atoms with van der Waals surface area (Å²) in [6, 6.07) is 0. The van der Waals surface area contributed by atoms with Gasteiger partial charge in [-0.2, -0.15) is 5.48 Å². The van der Waals surface area contributed by atoms with Crippen LogP contribution in [0.25, 0.3) is 0 Å². The van der Waals surface area contributed by atoms with Gasteiger partial charge in [-0.25, -0.2) is 0 Å². The Morgan fingerprint density at radius 3 is 2.57 bits per heavy atom. The first-order chi connectivity index (χ1) is 3.27. The van der Waals surface area contributed by atoms with Crippen LogP contribution in [0.15, 0.2) is 0 Å². The van der Waals surface area contributed by atoms with Crippen LogP contribution in [-0.2, 0) is 9.63 Å². The molecule has 0 rings (SSSR count). The molecule has 0 saturated carbocycles. The summed E-state index contributed by atoms with van der Waals surface area (Å²) in [6.45, 7) is 1.78. The van der Waals surface area contributed by atoms with Crippen LogP contribution in [0.4, 0.5) is 0 Å². The molecule has 0 heterocycles. The predicted octanol–water partition coefficient (Wildman–Crippen LogP) is -0.274. The number of Topliss-reactive ketones (excluding diaryl/α,β-unsaturated/α-hetero) is 1. The first kappa shape index (κ1) is 6.59. The molecule has 1 N–H and O–H groups in total. The molecule has 3 heteroatoms. The van der Waals surface area contributed by atoms with Crippen LogP contribution in [0.2, 0.25) is 0 Å². The average Bonchev–Trinajstić information content (AvgIpc) is 1.61. The second-order valence-electron chi connectivity index (χ2n) is 1.23. The van der Waals surface area contributed by atoms with E-state index in [4.69, 9.17) is 0 Å². The summed E-state index contributed by atoms with van der Waals surface area (Å²) in [4.78, 5) is 14.4. The van der Waals surface area contributed by atoms with Crippen molar-refractivity contribution in [3.05, 3.63) is 0 Å². The molecule has 0 saturated heterocycles. The Bertz CT molecular complexity index is 62.7. The highest BCUT2D eigenvalue weighted by atomic mass is 16.6. The van der Waals surface area contributed by atoms with Crippen molar-refractivity contribution >= 4 is 5.78 Å². The predicted molar refractivity (Wildman–Crippen MR) is 25.7 cm³/mol. The van der Waals surface area contributed by atoms with Gasteiger partial charge in [0.05, 0.1) is 13.7 Å². The highest BCUT2D eigenvalue weighted by Gasteiger charge is 1.85. The number of carbonyl (C=O) groups excluding carboxylic acids is 1. The van der Waals surface area contributed by atoms with Crippen molar-refractivity contribution in [1.82, 2.24) is 5.48 Å². The molecule has 0 aliphatic carbocycles. The van der Waals surface area contributed by atoms with Gasteiger partial charge in [0.2, 0.25) is 0 Å². The molecule has 0 aliphatic heterocycles. The lowest BCUT2D eigenvalue weighted by molar-refractivity contribution is -0.118. The standard InChI is InChI=1S/C4H9NO2/c1-4(6)3-5-7-2/h5H,3H2,1-2H3. The van der Waals surface area contributed by atoms with E-state index in [9.17, 15) is 4.79 Å². The van der Waals surface area contributed by atoms with Gasteiger partial charge in [0.1, 0.15) is 5.78 Å². The van der Waals surface area contributed by atoms with Gasteiger partial charge in [-0.1, -0.05) is 0 Å². The van der Waals surface area contributed by atoms with Crippen LogP contribution in [-0.4, -0.2) is 19.4 Å². The second kappa shape index (κ2) is 3.77. The number of hydrogen-bond donors (Lipinski definition) is 1. The fourth-order valence-electron chi connectivity index (χ4n) is 0.174. The number of carbonyl (C=O) groups is 1. The summed E-state index contributed by atoms with van der Waals surface area (Å²) in [5.74, 6) is 0.0712. The smallest absolute Gasteiger partial charge is 0.145 e. The van der Waals surface area contributed by atoms with E-state index in [1.54, 1.807) is 0 Å². The lowest BCUT2D eigenvalue weighted by atomic mass is 10.5. The normalized spacial score (nSPS) is 8.86. The molecule has 7 heavy (non-hydrogen) atoms. The highest BCUT2D eigenvalue weighted by molar-refractivity contribution is 5.77. The number of nitrogens with one attached hydrogen (secondary N) is 1. The van der Waals surface area contributed by atoms with Gasteiger partial charge >= 0.3 is 0 Å². The topological polar surface area (TPSA) is 38.3 Å². The monoisotopic (exact) mass is 103 g/mol. The van der Waals surface area contributed by atoms with E-state index >= 15 is 0 Å². The molecule has 0 unspecified atom stereocenters. The number of rotatable bonds is 3. The van der Waals surface area contributed by atoms with E-state index in [2.05, 4.69) is 10.3 Å². The minimum absolute atomic E-state index is 0.0712. The summed E-state index contributed by atoms with van der Waals surface area (Å²) in [7, 11) is 1.48. The maximum atomic E-state index is 10.1. The Kier molecular flexibility index (Phi) is 3.55. The lowest BCUT2D eigenvalue weighted by Gasteiger charge is -1.92. The third-order valence-corrected chi connectivity index (χ3v) is 0.465. The quantitative estimate of drug-likeness (QED) is 0.499. The first-order valence-electron chi connectivity index (χ1n) is 2.02. The van der Waals surface area contributed by atoms with Crippen molar-refractivity contribution in [2.75, 3.05) is 13.7 Å². The van der Waals surface area contributed by atoms with Gasteiger partial charge in [0, 0.05) is 0 Å². The van der Waals surface area contributed by atoms with Crippen LogP contribution in [0.3, 0.4) is 0 Å². The maximum Gasteiger partial charge on any atom is 0.145 e. The second-order valence-corrected chi connectivity index (χ2v) is 1.23. The Morgan fingerprint density at radius 2 is 2.43 bits per heavy atom. The summed E-state index contributed by atoms with van der Waals surface area (Å²) >= 11 is 0. The van der Waals surface area contributed by atoms with Crippen molar-refractivity contribution < 1.29 is 9.63 Å². The molecule has 3 nitrogen and oxygen atoms in total. The molecule has 0 aromatic rings. The summed E-state index contributed by atoms with van der Waals surface area (Å²) < 4.78 is 0. The molecule has 0 aromatic heterocycles. The van der Waals surface area contributed by atoms with E-state index in [-0.39, 0.29) is 12.3 Å². The Labute approximate surface area is 42.6 Å². The minimum Gasteiger partial charge on any atom is -0.305 e. The van der Waals surface area contributed by atoms with Crippen molar-refractivity contribution in [1.29, 1.82) is 0 Å². The number of ketones is 1. The summed E-state index contributed by atoms with van der Waals surface area (Å²) in [5.41, 5.74) is 2.40. The first-order valence-corrected chi connectivity index (χ1v) is 2.02. The SMILES string of the molecule is CONCC(C)=O. The van der Waals surface area contributed by atoms with E-state index in [1.165, 1.54) is 14.0 Å². The van der Waals surface area contributed by atoms with Crippen molar-refractivity contribution in [2.24, 2.45) is 0 Å². The van der Waals surface area contributed by atoms with E-state index in [0.29, 0.717) is 0 Å². The molecule has 0 spiro atoms. The Hall–Kier alpha value is -0.410. The maximum absolute atomic E-state index is 10.1. The van der Waals surface area contributed by atoms with Gasteiger partial charge in [0.15, 0.2) is 0 Å². The van der Waals surface area contributed by atoms with Crippen LogP contribution in [0, 0.1) is 0 Å². The van der Waals surface area contributed by atoms with Gasteiger partial charge in [0.25, 0.3) is 0 Å². The minimum atomic E-state index is 0.0712. The van der Waals surface area contributed by atoms with Crippen molar-refractivity contribution in [3.63, 3.8) is 0 Å². The zero-order chi connectivity index (χ0) is 5.70. The molecule has 0 fully saturated rings. The summed E-state index contributed by atoms with van der Waals surface area (Å²) in [5, 5.41) is 0. The highest BCUT2D eigenvalue weighted by Crippen LogP contribution is 1.61. The lowest BCUT2D eigenvalue weighted by Crippen LogP contribution is -2.18. The number of hydroxylamine groups is 1. The molecule has 0 radical (unpaired) electrons. The molecule has 0 aliphatic rings. The molecular formula is C4H9NO2. The van der Waals surface area contributed by atoms with Gasteiger partial charge < -0.3 is 4.84 Å². The van der Waals surface area contributed by atoms with Crippen LogP contribution >= 0.6 is 0 Å². The van der Waals surface area contributed by atoms with E-state index < -0.39 is 0 Å². The molecule has 0 aromatic carbocycles. The molecule has 0 bridgehead atoms. The third-order valence-electron chi connectivity index (χ3n) is 0.465. The van der Waals surface area contributed by atoms with Crippen LogP contribution in [0.1, 0.15) is 6.92 Å². The molecule has 0 amide bonds. The third kappa shape index (κ3) is 5.59. The Balaban J connectivity index is 2.82. The summed E-state index contributed by atoms with van der Waals surface area (Å²) in [6.07, 6.45) is 0. The fourth-order valence-corrected chi connectivity index (χ4v) is 0.174. The zero-order valence-corrected chi connectivity index (χ0v) is 4.52. The molecule has 0 atom stereocenters. The zero-order valence-electron chi connectivity index (χ0n) is 4.52. The molecular weight excluding hydrogens is 94.0 g/mol. The van der Waals surface area contributed by atoms with Gasteiger partial charge in [-0.05, 0) is 6.92 Å². The largest absolute Gasteiger partial charge is 0.305 e. The van der Waals surface area contributed by atoms with Crippen LogP contribution < -0.4 is 5.48 Å². The van der Waals surface area contributed by atoms with Gasteiger partial charge in [-0.15, -0.1) is 0 Å². The van der Waals surface area contributed by atoms with Crippen molar-refractivity contribution in [3.8, 4) is 0 Å². The number of hydrogen-bond acceptors (Lipinski definition) is 3.